The number of nitrogens with one attached hydrogen (secondary N) is 1. The minimum Gasteiger partial charge on any atom is -0.349 e. The minimum atomic E-state index is -3.47. The smallest absolute Gasteiger partial charge is 0.281 e. The molecule has 1 aromatic rings. The molecule has 1 heterocycles. The molecule has 1 amide bonds. The van der Waals surface area contributed by atoms with Gasteiger partial charge in [-0.3, -0.25) is 4.79 Å². The highest BCUT2D eigenvalue weighted by atomic mass is 32.2. The van der Waals surface area contributed by atoms with Crippen LogP contribution in [0.4, 0.5) is 0 Å². The Labute approximate surface area is 145 Å². The number of carbonyl (C=O) groups is 1. The van der Waals surface area contributed by atoms with Gasteiger partial charge in [0.25, 0.3) is 10.2 Å². The van der Waals surface area contributed by atoms with Crippen LogP contribution in [-0.4, -0.2) is 50.1 Å². The van der Waals surface area contributed by atoms with Crippen LogP contribution in [0, 0.1) is 12.8 Å². The van der Waals surface area contributed by atoms with Gasteiger partial charge in [-0.05, 0) is 32.3 Å². The second-order valence-corrected chi connectivity index (χ2v) is 8.77. The van der Waals surface area contributed by atoms with Gasteiger partial charge in [-0.2, -0.15) is 17.0 Å². The lowest BCUT2D eigenvalue weighted by atomic mass is 9.97. The van der Waals surface area contributed by atoms with Crippen LogP contribution in [0.2, 0.25) is 0 Å². The molecule has 0 aromatic heterocycles. The van der Waals surface area contributed by atoms with Crippen molar-refractivity contribution in [3.8, 4) is 0 Å². The Morgan fingerprint density at radius 2 is 1.92 bits per heavy atom. The maximum atomic E-state index is 12.5. The van der Waals surface area contributed by atoms with Crippen molar-refractivity contribution in [2.45, 2.75) is 32.7 Å². The Kier molecular flexibility index (Phi) is 6.01. The fourth-order valence-electron chi connectivity index (χ4n) is 2.87. The van der Waals surface area contributed by atoms with Crippen molar-refractivity contribution < 1.29 is 13.2 Å². The van der Waals surface area contributed by atoms with E-state index >= 15 is 0 Å². The van der Waals surface area contributed by atoms with Crippen molar-refractivity contribution in [1.29, 1.82) is 0 Å². The molecule has 134 valence electrons. The molecule has 6 nitrogen and oxygen atoms in total. The molecule has 0 aliphatic carbocycles. The number of hydrogen-bond acceptors (Lipinski definition) is 3. The number of rotatable bonds is 5. The van der Waals surface area contributed by atoms with E-state index in [2.05, 4.69) is 5.32 Å². The Balaban J connectivity index is 2.00. The van der Waals surface area contributed by atoms with E-state index in [-0.39, 0.29) is 24.4 Å². The number of piperidine rings is 1. The first-order valence-electron chi connectivity index (χ1n) is 8.26. The lowest BCUT2D eigenvalue weighted by molar-refractivity contribution is -0.126. The number of carbonyl (C=O) groups excluding carboxylic acids is 1. The molecule has 1 aliphatic heterocycles. The molecule has 2 rings (SSSR count). The molecule has 0 saturated carbocycles. The van der Waals surface area contributed by atoms with Crippen LogP contribution in [0.15, 0.2) is 24.3 Å². The van der Waals surface area contributed by atoms with Gasteiger partial charge >= 0.3 is 0 Å². The van der Waals surface area contributed by atoms with Crippen LogP contribution in [0.5, 0.6) is 0 Å². The summed E-state index contributed by atoms with van der Waals surface area (Å²) < 4.78 is 27.1. The topological polar surface area (TPSA) is 69.7 Å². The van der Waals surface area contributed by atoms with Crippen LogP contribution in [-0.2, 0) is 15.0 Å². The molecule has 1 fully saturated rings. The van der Waals surface area contributed by atoms with E-state index in [4.69, 9.17) is 0 Å². The number of benzene rings is 1. The second kappa shape index (κ2) is 7.63. The van der Waals surface area contributed by atoms with Gasteiger partial charge in [0.15, 0.2) is 0 Å². The average Bonchev–Trinajstić information content (AvgIpc) is 2.55. The first kappa shape index (κ1) is 18.9. The first-order valence-corrected chi connectivity index (χ1v) is 9.66. The molecule has 0 spiro atoms. The highest BCUT2D eigenvalue weighted by Gasteiger charge is 2.33. The zero-order chi connectivity index (χ0) is 17.9. The van der Waals surface area contributed by atoms with Crippen molar-refractivity contribution in [2.24, 2.45) is 5.92 Å². The van der Waals surface area contributed by atoms with Gasteiger partial charge in [-0.25, -0.2) is 0 Å². The molecule has 0 radical (unpaired) electrons. The van der Waals surface area contributed by atoms with E-state index < -0.39 is 10.2 Å². The van der Waals surface area contributed by atoms with Crippen molar-refractivity contribution >= 4 is 16.1 Å². The molecule has 1 aliphatic rings. The molecule has 0 unspecified atom stereocenters. The number of amides is 1. The van der Waals surface area contributed by atoms with E-state index in [0.29, 0.717) is 19.4 Å². The van der Waals surface area contributed by atoms with Crippen LogP contribution in [0.1, 0.15) is 36.9 Å². The predicted molar refractivity (Wildman–Crippen MR) is 94.6 cm³/mol. The molecule has 1 aromatic carbocycles. The Morgan fingerprint density at radius 1 is 1.29 bits per heavy atom. The molecule has 1 N–H and O–H groups in total. The van der Waals surface area contributed by atoms with E-state index in [0.717, 1.165) is 5.56 Å². The Bertz CT molecular complexity index is 671. The monoisotopic (exact) mass is 353 g/mol. The predicted octanol–water partition coefficient (Wildman–Crippen LogP) is 1.69. The van der Waals surface area contributed by atoms with Gasteiger partial charge in [-0.15, -0.1) is 0 Å². The van der Waals surface area contributed by atoms with Crippen molar-refractivity contribution in [3.05, 3.63) is 35.4 Å². The fraction of sp³-hybridized carbons (Fsp3) is 0.588. The lowest BCUT2D eigenvalue weighted by Crippen LogP contribution is -2.49. The number of hydrogen-bond donors (Lipinski definition) is 1. The fourth-order valence-corrected chi connectivity index (χ4v) is 4.06. The van der Waals surface area contributed by atoms with E-state index in [1.165, 1.54) is 28.3 Å². The quantitative estimate of drug-likeness (QED) is 0.876. The number of aryl methyl sites for hydroxylation is 1. The minimum absolute atomic E-state index is 0.0817. The summed E-state index contributed by atoms with van der Waals surface area (Å²) >= 11 is 0. The average molecular weight is 353 g/mol. The maximum absolute atomic E-state index is 12.5. The Morgan fingerprint density at radius 3 is 2.50 bits per heavy atom. The third-order valence-electron chi connectivity index (χ3n) is 4.48. The first-order chi connectivity index (χ1) is 11.2. The zero-order valence-electron chi connectivity index (χ0n) is 14.8. The van der Waals surface area contributed by atoms with Crippen molar-refractivity contribution in [1.82, 2.24) is 13.9 Å². The van der Waals surface area contributed by atoms with E-state index in [1.807, 2.05) is 38.1 Å². The third kappa shape index (κ3) is 4.34. The molecule has 7 heteroatoms. The summed E-state index contributed by atoms with van der Waals surface area (Å²) in [7, 11) is -0.440. The summed E-state index contributed by atoms with van der Waals surface area (Å²) in [6, 6.07) is 7.95. The highest BCUT2D eigenvalue weighted by molar-refractivity contribution is 7.86. The standard InChI is InChI=1S/C17H27N3O3S/c1-13-7-9-15(10-8-13)14(2)18-17(21)16-6-5-11-20(12-16)24(22,23)19(3)4/h7-10,14,16H,5-6,11-12H2,1-4H3,(H,18,21)/t14-,16+/m0/s1. The summed E-state index contributed by atoms with van der Waals surface area (Å²) in [5.74, 6) is -0.386. The molecule has 2 atom stereocenters. The third-order valence-corrected chi connectivity index (χ3v) is 6.39. The van der Waals surface area contributed by atoms with Gasteiger partial charge in [0.05, 0.1) is 12.0 Å². The van der Waals surface area contributed by atoms with Gasteiger partial charge < -0.3 is 5.32 Å². The second-order valence-electron chi connectivity index (χ2n) is 6.63. The van der Waals surface area contributed by atoms with Gasteiger partial charge in [-0.1, -0.05) is 29.8 Å². The highest BCUT2D eigenvalue weighted by Crippen LogP contribution is 2.22. The lowest BCUT2D eigenvalue weighted by Gasteiger charge is -2.33. The summed E-state index contributed by atoms with van der Waals surface area (Å²) in [5.41, 5.74) is 2.22. The van der Waals surface area contributed by atoms with Crippen LogP contribution in [0.3, 0.4) is 0 Å². The maximum Gasteiger partial charge on any atom is 0.281 e. The van der Waals surface area contributed by atoms with Crippen molar-refractivity contribution in [3.63, 3.8) is 0 Å². The normalized spacial score (nSPS) is 20.8. The molecular weight excluding hydrogens is 326 g/mol. The Hall–Kier alpha value is -1.44. The molecule has 24 heavy (non-hydrogen) atoms. The summed E-state index contributed by atoms with van der Waals surface area (Å²) in [5, 5.41) is 3.01. The zero-order valence-corrected chi connectivity index (χ0v) is 15.6. The molecule has 1 saturated heterocycles. The molecule has 0 bridgehead atoms. The van der Waals surface area contributed by atoms with Gasteiger partial charge in [0, 0.05) is 27.2 Å². The van der Waals surface area contributed by atoms with Crippen LogP contribution < -0.4 is 5.32 Å². The summed E-state index contributed by atoms with van der Waals surface area (Å²) in [6.07, 6.45) is 1.41. The SMILES string of the molecule is Cc1ccc([C@H](C)NC(=O)[C@@H]2CCCN(S(=O)(=O)N(C)C)C2)cc1. The van der Waals surface area contributed by atoms with E-state index in [1.54, 1.807) is 0 Å². The summed E-state index contributed by atoms with van der Waals surface area (Å²) in [4.78, 5) is 12.5. The largest absolute Gasteiger partial charge is 0.349 e. The van der Waals surface area contributed by atoms with Crippen LogP contribution >= 0.6 is 0 Å². The van der Waals surface area contributed by atoms with Gasteiger partial charge in [0.1, 0.15) is 0 Å². The van der Waals surface area contributed by atoms with Gasteiger partial charge in [0.2, 0.25) is 5.91 Å². The van der Waals surface area contributed by atoms with E-state index in [9.17, 15) is 13.2 Å². The van der Waals surface area contributed by atoms with Crippen LogP contribution in [0.25, 0.3) is 0 Å². The number of nitrogens with zero attached hydrogens (tertiary/aromatic N) is 2. The molecular formula is C17H27N3O3S. The summed E-state index contributed by atoms with van der Waals surface area (Å²) in [6.45, 7) is 4.68. The van der Waals surface area contributed by atoms with Crippen molar-refractivity contribution in [2.75, 3.05) is 27.2 Å².